The number of ether oxygens (including phenoxy) is 2. The lowest BCUT2D eigenvalue weighted by atomic mass is 9.92. The Labute approximate surface area is 85.1 Å². The molecule has 1 aliphatic heterocycles. The summed E-state index contributed by atoms with van der Waals surface area (Å²) in [7, 11) is 0. The predicted octanol–water partition coefficient (Wildman–Crippen LogP) is 2.06. The molecule has 1 rings (SSSR count). The van der Waals surface area contributed by atoms with E-state index in [1.54, 1.807) is 6.92 Å². The van der Waals surface area contributed by atoms with E-state index in [1.165, 1.54) is 0 Å². The standard InChI is InChI=1S/C11H18O3/c1-9(2)10(12)13-7-4-5-11(3)6-8-14-11/h1,4-8H2,2-3H3. The fourth-order valence-electron chi connectivity index (χ4n) is 1.38. The summed E-state index contributed by atoms with van der Waals surface area (Å²) in [6.07, 6.45) is 2.92. The van der Waals surface area contributed by atoms with Crippen molar-refractivity contribution in [1.82, 2.24) is 0 Å². The fourth-order valence-corrected chi connectivity index (χ4v) is 1.38. The minimum atomic E-state index is -0.301. The van der Waals surface area contributed by atoms with Crippen LogP contribution in [0.5, 0.6) is 0 Å². The van der Waals surface area contributed by atoms with Crippen LogP contribution >= 0.6 is 0 Å². The van der Waals surface area contributed by atoms with Crippen molar-refractivity contribution < 1.29 is 14.3 Å². The number of carbonyl (C=O) groups is 1. The Morgan fingerprint density at radius 2 is 2.29 bits per heavy atom. The summed E-state index contributed by atoms with van der Waals surface area (Å²) in [5, 5.41) is 0. The van der Waals surface area contributed by atoms with Crippen LogP contribution in [0.25, 0.3) is 0 Å². The van der Waals surface area contributed by atoms with E-state index >= 15 is 0 Å². The maximum Gasteiger partial charge on any atom is 0.333 e. The summed E-state index contributed by atoms with van der Waals surface area (Å²) in [4.78, 5) is 11.0. The molecule has 80 valence electrons. The summed E-state index contributed by atoms with van der Waals surface area (Å²) >= 11 is 0. The third kappa shape index (κ3) is 3.14. The Morgan fingerprint density at radius 1 is 1.64 bits per heavy atom. The van der Waals surface area contributed by atoms with Crippen LogP contribution in [0, 0.1) is 0 Å². The second-order valence-corrected chi connectivity index (χ2v) is 4.07. The monoisotopic (exact) mass is 198 g/mol. The van der Waals surface area contributed by atoms with Gasteiger partial charge in [-0.25, -0.2) is 4.79 Å². The fraction of sp³-hybridized carbons (Fsp3) is 0.727. The molecule has 0 N–H and O–H groups in total. The minimum absolute atomic E-state index is 0.0373. The molecule has 0 aromatic rings. The van der Waals surface area contributed by atoms with E-state index in [4.69, 9.17) is 9.47 Å². The topological polar surface area (TPSA) is 35.5 Å². The average Bonchev–Trinajstić information content (AvgIpc) is 2.09. The van der Waals surface area contributed by atoms with Gasteiger partial charge in [-0.2, -0.15) is 0 Å². The van der Waals surface area contributed by atoms with Crippen LogP contribution < -0.4 is 0 Å². The SMILES string of the molecule is C=C(C)C(=O)OCCCC1(C)CCO1. The van der Waals surface area contributed by atoms with E-state index in [0.29, 0.717) is 12.2 Å². The van der Waals surface area contributed by atoms with Crippen LogP contribution in [-0.2, 0) is 14.3 Å². The summed E-state index contributed by atoms with van der Waals surface area (Å²) in [5.74, 6) is -0.301. The van der Waals surface area contributed by atoms with E-state index in [9.17, 15) is 4.79 Å². The lowest BCUT2D eigenvalue weighted by Crippen LogP contribution is -2.40. The molecule has 0 aliphatic carbocycles. The molecule has 0 saturated carbocycles. The second-order valence-electron chi connectivity index (χ2n) is 4.07. The lowest BCUT2D eigenvalue weighted by Gasteiger charge is -2.38. The summed E-state index contributed by atoms with van der Waals surface area (Å²) in [6, 6.07) is 0. The average molecular weight is 198 g/mol. The molecule has 1 aliphatic rings. The zero-order valence-electron chi connectivity index (χ0n) is 8.97. The molecule has 0 bridgehead atoms. The lowest BCUT2D eigenvalue weighted by molar-refractivity contribution is -0.147. The van der Waals surface area contributed by atoms with Gasteiger partial charge in [-0.05, 0) is 33.1 Å². The Morgan fingerprint density at radius 3 is 2.71 bits per heavy atom. The van der Waals surface area contributed by atoms with Gasteiger partial charge in [-0.1, -0.05) is 6.58 Å². The Bertz CT molecular complexity index is 229. The van der Waals surface area contributed by atoms with Gasteiger partial charge in [0.2, 0.25) is 0 Å². The summed E-state index contributed by atoms with van der Waals surface area (Å²) in [5.41, 5.74) is 0.492. The summed E-state index contributed by atoms with van der Waals surface area (Å²) < 4.78 is 10.4. The van der Waals surface area contributed by atoms with Crippen molar-refractivity contribution in [3.05, 3.63) is 12.2 Å². The highest BCUT2D eigenvalue weighted by Crippen LogP contribution is 2.30. The van der Waals surface area contributed by atoms with Crippen LogP contribution in [0.4, 0.5) is 0 Å². The van der Waals surface area contributed by atoms with Crippen molar-refractivity contribution >= 4 is 5.97 Å². The van der Waals surface area contributed by atoms with Crippen LogP contribution in [0.1, 0.15) is 33.1 Å². The molecular weight excluding hydrogens is 180 g/mol. The van der Waals surface area contributed by atoms with Gasteiger partial charge in [0.25, 0.3) is 0 Å². The second kappa shape index (κ2) is 4.60. The quantitative estimate of drug-likeness (QED) is 0.385. The van der Waals surface area contributed by atoms with Gasteiger partial charge in [0.05, 0.1) is 18.8 Å². The van der Waals surface area contributed by atoms with Crippen molar-refractivity contribution in [2.45, 2.75) is 38.7 Å². The van der Waals surface area contributed by atoms with Gasteiger partial charge in [-0.3, -0.25) is 0 Å². The molecule has 1 unspecified atom stereocenters. The molecule has 0 spiro atoms. The first-order valence-electron chi connectivity index (χ1n) is 5.00. The van der Waals surface area contributed by atoms with E-state index in [-0.39, 0.29) is 11.6 Å². The van der Waals surface area contributed by atoms with Crippen LogP contribution in [0.2, 0.25) is 0 Å². The number of hydrogen-bond donors (Lipinski definition) is 0. The number of hydrogen-bond acceptors (Lipinski definition) is 3. The van der Waals surface area contributed by atoms with Gasteiger partial charge in [0.1, 0.15) is 0 Å². The zero-order valence-corrected chi connectivity index (χ0v) is 8.97. The zero-order chi connectivity index (χ0) is 10.6. The number of rotatable bonds is 5. The molecule has 1 atom stereocenters. The smallest absolute Gasteiger partial charge is 0.333 e. The molecule has 1 heterocycles. The maximum atomic E-state index is 11.0. The molecule has 14 heavy (non-hydrogen) atoms. The van der Waals surface area contributed by atoms with Crippen molar-refractivity contribution in [3.63, 3.8) is 0 Å². The number of carbonyl (C=O) groups excluding carboxylic acids is 1. The first-order valence-corrected chi connectivity index (χ1v) is 5.00. The van der Waals surface area contributed by atoms with Crippen molar-refractivity contribution in [2.75, 3.05) is 13.2 Å². The molecule has 1 saturated heterocycles. The molecule has 0 amide bonds. The summed E-state index contributed by atoms with van der Waals surface area (Å²) in [6.45, 7) is 8.58. The van der Waals surface area contributed by atoms with Crippen LogP contribution in [0.3, 0.4) is 0 Å². The highest BCUT2D eigenvalue weighted by molar-refractivity contribution is 5.86. The third-order valence-electron chi connectivity index (χ3n) is 2.51. The molecule has 0 aromatic carbocycles. The van der Waals surface area contributed by atoms with E-state index < -0.39 is 0 Å². The van der Waals surface area contributed by atoms with Gasteiger partial charge >= 0.3 is 5.97 Å². The molecule has 0 radical (unpaired) electrons. The first kappa shape index (κ1) is 11.2. The van der Waals surface area contributed by atoms with Gasteiger partial charge in [0.15, 0.2) is 0 Å². The van der Waals surface area contributed by atoms with Crippen LogP contribution in [-0.4, -0.2) is 24.8 Å². The molecule has 3 nitrogen and oxygen atoms in total. The molecule has 0 aromatic heterocycles. The van der Waals surface area contributed by atoms with Crippen molar-refractivity contribution in [2.24, 2.45) is 0 Å². The normalized spacial score (nSPS) is 25.3. The van der Waals surface area contributed by atoms with Crippen molar-refractivity contribution in [1.29, 1.82) is 0 Å². The largest absolute Gasteiger partial charge is 0.462 e. The minimum Gasteiger partial charge on any atom is -0.462 e. The van der Waals surface area contributed by atoms with Crippen LogP contribution in [0.15, 0.2) is 12.2 Å². The highest BCUT2D eigenvalue weighted by atomic mass is 16.5. The predicted molar refractivity (Wildman–Crippen MR) is 54.0 cm³/mol. The Balaban J connectivity index is 2.04. The molecular formula is C11H18O3. The molecule has 3 heteroatoms. The van der Waals surface area contributed by atoms with Gasteiger partial charge in [0, 0.05) is 5.57 Å². The van der Waals surface area contributed by atoms with Gasteiger partial charge in [-0.15, -0.1) is 0 Å². The van der Waals surface area contributed by atoms with Crippen molar-refractivity contribution in [3.8, 4) is 0 Å². The third-order valence-corrected chi connectivity index (χ3v) is 2.51. The first-order chi connectivity index (χ1) is 6.53. The number of esters is 1. The van der Waals surface area contributed by atoms with E-state index in [2.05, 4.69) is 13.5 Å². The maximum absolute atomic E-state index is 11.0. The molecule has 1 fully saturated rings. The highest BCUT2D eigenvalue weighted by Gasteiger charge is 2.32. The van der Waals surface area contributed by atoms with E-state index in [1.807, 2.05) is 0 Å². The Kier molecular flexibility index (Phi) is 3.69. The van der Waals surface area contributed by atoms with E-state index in [0.717, 1.165) is 25.9 Å². The van der Waals surface area contributed by atoms with Gasteiger partial charge < -0.3 is 9.47 Å². The Hall–Kier alpha value is -0.830.